The molecule has 2 aromatic rings. The van der Waals surface area contributed by atoms with Crippen molar-refractivity contribution in [1.29, 1.82) is 0 Å². The quantitative estimate of drug-likeness (QED) is 0.454. The summed E-state index contributed by atoms with van der Waals surface area (Å²) in [4.78, 5) is 25.6. The maximum absolute atomic E-state index is 12.4. The lowest BCUT2D eigenvalue weighted by molar-refractivity contribution is -0.111. The Balaban J connectivity index is 2.22. The topological polar surface area (TPSA) is 64.6 Å². The number of nitrogens with one attached hydrogen (secondary N) is 1. The van der Waals surface area contributed by atoms with Gasteiger partial charge < -0.3 is 14.8 Å². The lowest BCUT2D eigenvalue weighted by atomic mass is 10.1. The molecule has 1 heterocycles. The van der Waals surface area contributed by atoms with Gasteiger partial charge in [0.2, 0.25) is 5.91 Å². The van der Waals surface area contributed by atoms with E-state index in [0.717, 1.165) is 20.5 Å². The van der Waals surface area contributed by atoms with Gasteiger partial charge in [0.15, 0.2) is 0 Å². The Bertz CT molecular complexity index is 873. The molecule has 0 unspecified atom stereocenters. The second-order valence-electron chi connectivity index (χ2n) is 5.65. The average molecular weight is 452 g/mol. The standard InChI is InChI=1S/C20H22BrNO4S/c1-5-25-16-9-8-15(21)11-14(16)7-10-17(23)22-19-18(20(24)26-6-2)12(3)13(4)27-19/h7-11H,5-6H2,1-4H3,(H,22,23)/b10-7+. The molecule has 0 aliphatic carbocycles. The van der Waals surface area contributed by atoms with E-state index < -0.39 is 5.97 Å². The number of benzene rings is 1. The number of carbonyl (C=O) groups is 2. The van der Waals surface area contributed by atoms with Crippen molar-refractivity contribution < 1.29 is 19.1 Å². The summed E-state index contributed by atoms with van der Waals surface area (Å²) in [5.74, 6) is -0.0618. The fraction of sp³-hybridized carbons (Fsp3) is 0.300. The van der Waals surface area contributed by atoms with Crippen LogP contribution in [0, 0.1) is 13.8 Å². The van der Waals surface area contributed by atoms with Gasteiger partial charge in [0.1, 0.15) is 10.8 Å². The molecule has 0 atom stereocenters. The number of anilines is 1. The first-order valence-electron chi connectivity index (χ1n) is 8.55. The molecule has 0 saturated heterocycles. The van der Waals surface area contributed by atoms with Crippen LogP contribution in [0.3, 0.4) is 0 Å². The molecule has 5 nitrogen and oxygen atoms in total. The monoisotopic (exact) mass is 451 g/mol. The van der Waals surface area contributed by atoms with Crippen LogP contribution in [0.4, 0.5) is 5.00 Å². The number of ether oxygens (including phenoxy) is 2. The van der Waals surface area contributed by atoms with Crippen LogP contribution in [0.2, 0.25) is 0 Å². The van der Waals surface area contributed by atoms with E-state index in [1.807, 2.05) is 39.0 Å². The number of amides is 1. The van der Waals surface area contributed by atoms with Crippen molar-refractivity contribution >= 4 is 50.2 Å². The summed E-state index contributed by atoms with van der Waals surface area (Å²) in [6, 6.07) is 5.60. The second-order valence-corrected chi connectivity index (χ2v) is 7.79. The third-order valence-corrected chi connectivity index (χ3v) is 5.40. The lowest BCUT2D eigenvalue weighted by Crippen LogP contribution is -2.12. The molecule has 0 bridgehead atoms. The molecular weight excluding hydrogens is 430 g/mol. The third kappa shape index (κ3) is 5.43. The molecule has 0 aliphatic heterocycles. The number of hydrogen-bond acceptors (Lipinski definition) is 5. The van der Waals surface area contributed by atoms with Crippen LogP contribution in [0.1, 0.15) is 40.2 Å². The van der Waals surface area contributed by atoms with E-state index in [2.05, 4.69) is 21.2 Å². The van der Waals surface area contributed by atoms with Crippen LogP contribution in [0.5, 0.6) is 5.75 Å². The largest absolute Gasteiger partial charge is 0.493 e. The van der Waals surface area contributed by atoms with Crippen LogP contribution < -0.4 is 10.1 Å². The molecule has 0 saturated carbocycles. The van der Waals surface area contributed by atoms with Gasteiger partial charge in [-0.25, -0.2) is 4.79 Å². The van der Waals surface area contributed by atoms with Crippen molar-refractivity contribution in [3.8, 4) is 5.75 Å². The number of esters is 1. The van der Waals surface area contributed by atoms with E-state index in [-0.39, 0.29) is 12.5 Å². The Morgan fingerprint density at radius 3 is 2.63 bits per heavy atom. The summed E-state index contributed by atoms with van der Waals surface area (Å²) in [6.45, 7) is 8.22. The highest BCUT2D eigenvalue weighted by Gasteiger charge is 2.21. The molecule has 0 fully saturated rings. The predicted molar refractivity (Wildman–Crippen MR) is 113 cm³/mol. The van der Waals surface area contributed by atoms with E-state index in [4.69, 9.17) is 9.47 Å². The van der Waals surface area contributed by atoms with Crippen LogP contribution in [-0.2, 0) is 9.53 Å². The van der Waals surface area contributed by atoms with Gasteiger partial charge in [-0.05, 0) is 57.5 Å². The van der Waals surface area contributed by atoms with Crippen molar-refractivity contribution in [1.82, 2.24) is 0 Å². The SMILES string of the molecule is CCOC(=O)c1c(NC(=O)/C=C/c2cc(Br)ccc2OCC)sc(C)c1C. The second kappa shape index (κ2) is 9.71. The molecule has 27 heavy (non-hydrogen) atoms. The lowest BCUT2D eigenvalue weighted by Gasteiger charge is -2.08. The minimum atomic E-state index is -0.427. The summed E-state index contributed by atoms with van der Waals surface area (Å²) < 4.78 is 11.6. The average Bonchev–Trinajstić information content (AvgIpc) is 2.89. The summed E-state index contributed by atoms with van der Waals surface area (Å²) in [5.41, 5.74) is 2.02. The zero-order valence-electron chi connectivity index (χ0n) is 15.7. The first-order valence-corrected chi connectivity index (χ1v) is 10.2. The molecule has 0 radical (unpaired) electrons. The molecule has 1 aromatic heterocycles. The number of carbonyl (C=O) groups excluding carboxylic acids is 2. The van der Waals surface area contributed by atoms with Gasteiger partial charge in [-0.1, -0.05) is 15.9 Å². The van der Waals surface area contributed by atoms with E-state index in [1.165, 1.54) is 17.4 Å². The number of rotatable bonds is 7. The zero-order chi connectivity index (χ0) is 20.0. The first kappa shape index (κ1) is 21.2. The molecule has 144 valence electrons. The summed E-state index contributed by atoms with van der Waals surface area (Å²) in [7, 11) is 0. The van der Waals surface area contributed by atoms with Gasteiger partial charge in [0, 0.05) is 21.0 Å². The van der Waals surface area contributed by atoms with Gasteiger partial charge in [-0.15, -0.1) is 11.3 Å². The maximum atomic E-state index is 12.4. The molecular formula is C20H22BrNO4S. The molecule has 1 N–H and O–H groups in total. The van der Waals surface area contributed by atoms with Gasteiger partial charge >= 0.3 is 5.97 Å². The number of halogens is 1. The fourth-order valence-electron chi connectivity index (χ4n) is 2.42. The Morgan fingerprint density at radius 2 is 1.96 bits per heavy atom. The molecule has 2 rings (SSSR count). The van der Waals surface area contributed by atoms with E-state index >= 15 is 0 Å². The highest BCUT2D eigenvalue weighted by atomic mass is 79.9. The molecule has 1 aromatic carbocycles. The van der Waals surface area contributed by atoms with E-state index in [9.17, 15) is 9.59 Å². The minimum Gasteiger partial charge on any atom is -0.493 e. The molecule has 1 amide bonds. The third-order valence-electron chi connectivity index (χ3n) is 3.79. The Hall–Kier alpha value is -2.12. The van der Waals surface area contributed by atoms with Crippen molar-refractivity contribution in [2.24, 2.45) is 0 Å². The van der Waals surface area contributed by atoms with Gasteiger partial charge in [-0.3, -0.25) is 4.79 Å². The van der Waals surface area contributed by atoms with Crippen molar-refractivity contribution in [2.75, 3.05) is 18.5 Å². The maximum Gasteiger partial charge on any atom is 0.341 e. The normalized spacial score (nSPS) is 10.9. The van der Waals surface area contributed by atoms with Crippen LogP contribution in [0.15, 0.2) is 28.7 Å². The van der Waals surface area contributed by atoms with Crippen LogP contribution >= 0.6 is 27.3 Å². The van der Waals surface area contributed by atoms with Crippen molar-refractivity contribution in [3.63, 3.8) is 0 Å². The highest BCUT2D eigenvalue weighted by Crippen LogP contribution is 2.33. The first-order chi connectivity index (χ1) is 12.9. The Morgan fingerprint density at radius 1 is 1.22 bits per heavy atom. The van der Waals surface area contributed by atoms with Gasteiger partial charge in [0.05, 0.1) is 18.8 Å². The van der Waals surface area contributed by atoms with E-state index in [0.29, 0.717) is 22.9 Å². The number of thiophene rings is 1. The number of aryl methyl sites for hydroxylation is 1. The predicted octanol–water partition coefficient (Wildman–Crippen LogP) is 5.35. The molecule has 0 spiro atoms. The van der Waals surface area contributed by atoms with Gasteiger partial charge in [-0.2, -0.15) is 0 Å². The Kier molecular flexibility index (Phi) is 7.62. The molecule has 0 aliphatic rings. The summed E-state index contributed by atoms with van der Waals surface area (Å²) >= 11 is 4.78. The molecule has 7 heteroatoms. The number of hydrogen-bond donors (Lipinski definition) is 1. The minimum absolute atomic E-state index is 0.281. The Labute approximate surface area is 171 Å². The fourth-order valence-corrected chi connectivity index (χ4v) is 3.85. The van der Waals surface area contributed by atoms with Crippen molar-refractivity contribution in [2.45, 2.75) is 27.7 Å². The summed E-state index contributed by atoms with van der Waals surface area (Å²) in [5, 5.41) is 3.28. The van der Waals surface area contributed by atoms with Crippen LogP contribution in [0.25, 0.3) is 6.08 Å². The van der Waals surface area contributed by atoms with Crippen molar-refractivity contribution in [3.05, 3.63) is 50.3 Å². The van der Waals surface area contributed by atoms with E-state index in [1.54, 1.807) is 13.0 Å². The summed E-state index contributed by atoms with van der Waals surface area (Å²) in [6.07, 6.45) is 3.10. The highest BCUT2D eigenvalue weighted by molar-refractivity contribution is 9.10. The van der Waals surface area contributed by atoms with Crippen LogP contribution in [-0.4, -0.2) is 25.1 Å². The zero-order valence-corrected chi connectivity index (χ0v) is 18.1. The van der Waals surface area contributed by atoms with Gasteiger partial charge in [0.25, 0.3) is 0 Å². The smallest absolute Gasteiger partial charge is 0.341 e.